The van der Waals surface area contributed by atoms with Crippen molar-refractivity contribution in [2.75, 3.05) is 18.5 Å². The molecule has 0 saturated heterocycles. The van der Waals surface area contributed by atoms with Crippen LogP contribution in [0, 0.1) is 0 Å². The smallest absolute Gasteiger partial charge is 0.219 e. The third kappa shape index (κ3) is 0.574. The molecule has 0 radical (unpaired) electrons. The van der Waals surface area contributed by atoms with Crippen molar-refractivity contribution >= 4 is 5.88 Å². The highest BCUT2D eigenvalue weighted by atomic mass is 16.4. The van der Waals surface area contributed by atoms with E-state index in [1.165, 1.54) is 6.39 Å². The summed E-state index contributed by atoms with van der Waals surface area (Å²) in [5, 5.41) is 0. The molecule has 0 fully saturated rings. The van der Waals surface area contributed by atoms with E-state index in [9.17, 15) is 0 Å². The Labute approximate surface area is 59.7 Å². The molecule has 2 rings (SSSR count). The van der Waals surface area contributed by atoms with Gasteiger partial charge in [0.15, 0.2) is 6.39 Å². The summed E-state index contributed by atoms with van der Waals surface area (Å²) in [6, 6.07) is 0. The van der Waals surface area contributed by atoms with Gasteiger partial charge in [0.05, 0.1) is 0 Å². The Hall–Kier alpha value is -0.990. The van der Waals surface area contributed by atoms with E-state index >= 15 is 0 Å². The Balaban J connectivity index is 2.48. The van der Waals surface area contributed by atoms with Gasteiger partial charge in [0, 0.05) is 19.5 Å². The molecule has 0 bridgehead atoms. The summed E-state index contributed by atoms with van der Waals surface area (Å²) in [5.41, 5.74) is 1.10. The molecule has 3 nitrogen and oxygen atoms in total. The van der Waals surface area contributed by atoms with Crippen molar-refractivity contribution in [1.29, 1.82) is 0 Å². The molecule has 1 aliphatic rings. The predicted molar refractivity (Wildman–Crippen MR) is 38.2 cm³/mol. The first-order chi connectivity index (χ1) is 4.79. The van der Waals surface area contributed by atoms with E-state index in [4.69, 9.17) is 4.42 Å². The largest absolute Gasteiger partial charge is 0.428 e. The van der Waals surface area contributed by atoms with Crippen LogP contribution in [0.3, 0.4) is 0 Å². The van der Waals surface area contributed by atoms with Crippen molar-refractivity contribution in [1.82, 2.24) is 4.98 Å². The van der Waals surface area contributed by atoms with Gasteiger partial charge in [0.25, 0.3) is 0 Å². The second-order valence-electron chi connectivity index (χ2n) is 2.82. The maximum absolute atomic E-state index is 5.17. The van der Waals surface area contributed by atoms with Gasteiger partial charge in [0.1, 0.15) is 5.69 Å². The molecule has 0 aromatic carbocycles. The maximum atomic E-state index is 5.17. The lowest BCUT2D eigenvalue weighted by Crippen LogP contribution is -2.13. The molecular weight excluding hydrogens is 128 g/mol. The molecule has 1 aromatic heterocycles. The van der Waals surface area contributed by atoms with Crippen molar-refractivity contribution in [2.24, 2.45) is 0 Å². The zero-order chi connectivity index (χ0) is 7.14. The third-order valence-corrected chi connectivity index (χ3v) is 1.94. The second-order valence-corrected chi connectivity index (χ2v) is 2.82. The van der Waals surface area contributed by atoms with Gasteiger partial charge in [-0.25, -0.2) is 4.98 Å². The Bertz CT molecular complexity index is 221. The van der Waals surface area contributed by atoms with Gasteiger partial charge in [-0.2, -0.15) is 0 Å². The Morgan fingerprint density at radius 2 is 2.60 bits per heavy atom. The summed E-state index contributed by atoms with van der Waals surface area (Å²) in [6.45, 7) is 3.19. The van der Waals surface area contributed by atoms with E-state index in [2.05, 4.69) is 16.8 Å². The highest BCUT2D eigenvalue weighted by Gasteiger charge is 2.26. The maximum Gasteiger partial charge on any atom is 0.219 e. The number of nitrogens with zero attached hydrogens (tertiary/aromatic N) is 2. The quantitative estimate of drug-likeness (QED) is 0.540. The number of fused-ring (bicyclic) bond motifs is 1. The SMILES string of the molecule is C[C@@H]1CN(C)c2ocnc21. The van der Waals surface area contributed by atoms with Crippen LogP contribution in [0.25, 0.3) is 0 Å². The van der Waals surface area contributed by atoms with Gasteiger partial charge in [-0.15, -0.1) is 0 Å². The number of likely N-dealkylation sites (N-methyl/N-ethyl adjacent to an activating group) is 1. The van der Waals surface area contributed by atoms with E-state index in [0.29, 0.717) is 5.92 Å². The van der Waals surface area contributed by atoms with Gasteiger partial charge < -0.3 is 9.32 Å². The van der Waals surface area contributed by atoms with Gasteiger partial charge in [-0.05, 0) is 0 Å². The first-order valence-electron chi connectivity index (χ1n) is 3.43. The van der Waals surface area contributed by atoms with E-state index in [-0.39, 0.29) is 0 Å². The lowest BCUT2D eigenvalue weighted by Gasteiger charge is -2.07. The molecule has 1 atom stereocenters. The van der Waals surface area contributed by atoms with Crippen LogP contribution in [0.2, 0.25) is 0 Å². The third-order valence-electron chi connectivity index (χ3n) is 1.94. The van der Waals surface area contributed by atoms with Crippen LogP contribution in [0.1, 0.15) is 18.5 Å². The first-order valence-corrected chi connectivity index (χ1v) is 3.43. The minimum atomic E-state index is 0.527. The van der Waals surface area contributed by atoms with Crippen molar-refractivity contribution < 1.29 is 4.42 Å². The number of oxazole rings is 1. The van der Waals surface area contributed by atoms with E-state index in [1.807, 2.05) is 7.05 Å². The number of rotatable bonds is 0. The summed E-state index contributed by atoms with van der Waals surface area (Å²) in [4.78, 5) is 6.21. The number of hydrogen-bond acceptors (Lipinski definition) is 3. The van der Waals surface area contributed by atoms with Gasteiger partial charge in [0.2, 0.25) is 5.88 Å². The normalized spacial score (nSPS) is 23.4. The number of anilines is 1. The van der Waals surface area contributed by atoms with E-state index in [1.54, 1.807) is 0 Å². The molecule has 2 heterocycles. The van der Waals surface area contributed by atoms with Crippen molar-refractivity contribution in [3.8, 4) is 0 Å². The Kier molecular flexibility index (Phi) is 1.01. The second kappa shape index (κ2) is 1.75. The molecule has 1 aliphatic heterocycles. The Morgan fingerprint density at radius 3 is 3.30 bits per heavy atom. The first kappa shape index (κ1) is 5.77. The number of aromatic nitrogens is 1. The lowest BCUT2D eigenvalue weighted by molar-refractivity contribution is 0.551. The van der Waals surface area contributed by atoms with Crippen molar-refractivity contribution in [3.63, 3.8) is 0 Å². The van der Waals surface area contributed by atoms with Crippen LogP contribution in [-0.4, -0.2) is 18.6 Å². The zero-order valence-corrected chi connectivity index (χ0v) is 6.16. The molecule has 10 heavy (non-hydrogen) atoms. The van der Waals surface area contributed by atoms with Crippen molar-refractivity contribution in [2.45, 2.75) is 12.8 Å². The van der Waals surface area contributed by atoms with Gasteiger partial charge in [-0.1, -0.05) is 6.92 Å². The molecular formula is C7H10N2O. The van der Waals surface area contributed by atoms with E-state index in [0.717, 1.165) is 18.1 Å². The highest BCUT2D eigenvalue weighted by Crippen LogP contribution is 2.32. The molecule has 3 heteroatoms. The molecule has 0 amide bonds. The topological polar surface area (TPSA) is 29.3 Å². The fraction of sp³-hybridized carbons (Fsp3) is 0.571. The average Bonchev–Trinajstić information content (AvgIpc) is 2.39. The lowest BCUT2D eigenvalue weighted by atomic mass is 10.2. The van der Waals surface area contributed by atoms with Gasteiger partial charge in [-0.3, -0.25) is 0 Å². The van der Waals surface area contributed by atoms with Gasteiger partial charge >= 0.3 is 0 Å². The van der Waals surface area contributed by atoms with Crippen molar-refractivity contribution in [3.05, 3.63) is 12.1 Å². The van der Waals surface area contributed by atoms with Crippen LogP contribution in [0.15, 0.2) is 10.8 Å². The average molecular weight is 138 g/mol. The molecule has 0 saturated carbocycles. The van der Waals surface area contributed by atoms with Crippen LogP contribution in [0.5, 0.6) is 0 Å². The van der Waals surface area contributed by atoms with Crippen LogP contribution in [-0.2, 0) is 0 Å². The summed E-state index contributed by atoms with van der Waals surface area (Å²) in [5.74, 6) is 1.46. The molecule has 0 spiro atoms. The number of hydrogen-bond donors (Lipinski definition) is 0. The minimum Gasteiger partial charge on any atom is -0.428 e. The monoisotopic (exact) mass is 138 g/mol. The molecule has 54 valence electrons. The summed E-state index contributed by atoms with van der Waals surface area (Å²) >= 11 is 0. The Morgan fingerprint density at radius 1 is 1.80 bits per heavy atom. The van der Waals surface area contributed by atoms with Crippen LogP contribution in [0.4, 0.5) is 5.88 Å². The molecule has 1 aromatic rings. The fourth-order valence-corrected chi connectivity index (χ4v) is 1.45. The molecule has 0 aliphatic carbocycles. The van der Waals surface area contributed by atoms with Crippen LogP contribution >= 0.6 is 0 Å². The summed E-state index contributed by atoms with van der Waals surface area (Å²) in [7, 11) is 2.02. The van der Waals surface area contributed by atoms with E-state index < -0.39 is 0 Å². The standard InChI is InChI=1S/C7H10N2O/c1-5-3-9(2)7-6(5)8-4-10-7/h4-5H,3H2,1-2H3/t5-/m1/s1. The van der Waals surface area contributed by atoms with Crippen LogP contribution < -0.4 is 4.90 Å². The fourth-order valence-electron chi connectivity index (χ4n) is 1.45. The molecule has 0 N–H and O–H groups in total. The summed E-state index contributed by atoms with van der Waals surface area (Å²) in [6.07, 6.45) is 1.51. The molecule has 0 unspecified atom stereocenters. The summed E-state index contributed by atoms with van der Waals surface area (Å²) < 4.78 is 5.17. The zero-order valence-electron chi connectivity index (χ0n) is 6.16. The predicted octanol–water partition coefficient (Wildman–Crippen LogP) is 1.23. The highest BCUT2D eigenvalue weighted by molar-refractivity contribution is 5.47. The minimum absolute atomic E-state index is 0.527.